The summed E-state index contributed by atoms with van der Waals surface area (Å²) in [5.74, 6) is -3.88. The normalized spacial score (nSPS) is 23.7. The molecule has 240 valence electrons. The summed E-state index contributed by atoms with van der Waals surface area (Å²) in [7, 11) is 3.06. The third kappa shape index (κ3) is 3.86. The molecule has 11 nitrogen and oxygen atoms in total. The number of fused-ring (bicyclic) bond motifs is 5. The van der Waals surface area contributed by atoms with Crippen LogP contribution in [0.4, 0.5) is 10.2 Å². The lowest BCUT2D eigenvalue weighted by molar-refractivity contribution is -0.129. The summed E-state index contributed by atoms with van der Waals surface area (Å²) in [4.78, 5) is 57.5. The van der Waals surface area contributed by atoms with Crippen LogP contribution in [0.25, 0.3) is 20.7 Å². The first kappa shape index (κ1) is 29.6. The Hall–Kier alpha value is -4.75. The fraction of sp³-hybridized carbons (Fsp3) is 0.303. The van der Waals surface area contributed by atoms with Gasteiger partial charge in [0.2, 0.25) is 11.8 Å². The van der Waals surface area contributed by atoms with E-state index in [0.29, 0.717) is 21.9 Å². The van der Waals surface area contributed by atoms with Crippen LogP contribution in [0.5, 0.6) is 5.75 Å². The second-order valence-electron chi connectivity index (χ2n) is 12.7. The highest BCUT2D eigenvalue weighted by atomic mass is 35.5. The van der Waals surface area contributed by atoms with Crippen LogP contribution >= 0.6 is 22.9 Å². The molecular weight excluding hydrogens is 647 g/mol. The minimum atomic E-state index is -1.39. The molecule has 3 aliphatic rings. The number of nitrogens with zero attached hydrogens (tertiary/aromatic N) is 6. The molecule has 0 unspecified atom stereocenters. The molecule has 0 spiro atoms. The van der Waals surface area contributed by atoms with Gasteiger partial charge in [0.25, 0.3) is 0 Å². The molecule has 47 heavy (non-hydrogen) atoms. The van der Waals surface area contributed by atoms with Crippen LogP contribution in [0.1, 0.15) is 36.4 Å². The number of halogens is 2. The summed E-state index contributed by atoms with van der Waals surface area (Å²) >= 11 is 7.79. The van der Waals surface area contributed by atoms with Crippen LogP contribution in [0.15, 0.2) is 63.7 Å². The van der Waals surface area contributed by atoms with Crippen molar-refractivity contribution in [1.82, 2.24) is 23.7 Å². The number of anilines is 1. The highest BCUT2D eigenvalue weighted by Gasteiger charge is 2.66. The van der Waals surface area contributed by atoms with Crippen LogP contribution in [0, 0.1) is 24.1 Å². The number of benzene rings is 2. The third-order valence-electron chi connectivity index (χ3n) is 10.2. The summed E-state index contributed by atoms with van der Waals surface area (Å²) in [5.41, 5.74) is 0.134. The monoisotopic (exact) mass is 674 g/mol. The molecule has 2 aliphatic heterocycles. The number of carbonyl (C=O) groups is 2. The van der Waals surface area contributed by atoms with E-state index >= 15 is 0 Å². The van der Waals surface area contributed by atoms with E-state index in [0.717, 1.165) is 30.0 Å². The Bertz CT molecular complexity index is 2380. The van der Waals surface area contributed by atoms with Gasteiger partial charge in [-0.1, -0.05) is 23.7 Å². The van der Waals surface area contributed by atoms with E-state index in [1.807, 2.05) is 25.1 Å². The zero-order chi connectivity index (χ0) is 33.3. The molecule has 1 aliphatic carbocycles. The van der Waals surface area contributed by atoms with E-state index in [-0.39, 0.29) is 18.8 Å². The smallest absolute Gasteiger partial charge is 0.347 e. The van der Waals surface area contributed by atoms with E-state index in [9.17, 15) is 28.7 Å². The molecule has 8 rings (SSSR count). The van der Waals surface area contributed by atoms with Gasteiger partial charge in [0, 0.05) is 35.8 Å². The molecule has 2 aromatic carbocycles. The van der Waals surface area contributed by atoms with E-state index in [2.05, 4.69) is 0 Å². The number of allylic oxidation sites excluding steroid dienone is 2. The van der Waals surface area contributed by atoms with Crippen LogP contribution < -0.4 is 16.3 Å². The Morgan fingerprint density at radius 2 is 1.83 bits per heavy atom. The van der Waals surface area contributed by atoms with E-state index < -0.39 is 58.1 Å². The number of rotatable bonds is 3. The first-order valence-corrected chi connectivity index (χ1v) is 16.2. The third-order valence-corrected chi connectivity index (χ3v) is 11.8. The molecule has 3 aromatic heterocycles. The number of aromatic hydroxyl groups is 1. The SMILES string of the molecule is Cc1c(-c2cc(N3C(=O)[C@@H]4C[C@@H]5C(=CCn6c(=O)n(C)c(=O)n65)[C@H](c5ccc(O)c(F)c5)[C@]4(C)C3=O)n(C)n2)sc2ccc(Cl)cc12. The van der Waals surface area contributed by atoms with E-state index in [4.69, 9.17) is 16.7 Å². The zero-order valence-corrected chi connectivity index (χ0v) is 27.3. The molecule has 5 aromatic rings. The summed E-state index contributed by atoms with van der Waals surface area (Å²) in [5, 5.41) is 16.3. The van der Waals surface area contributed by atoms with Crippen molar-refractivity contribution >= 4 is 50.7 Å². The van der Waals surface area contributed by atoms with Gasteiger partial charge in [0.15, 0.2) is 11.6 Å². The maximum Gasteiger partial charge on any atom is 0.347 e. The van der Waals surface area contributed by atoms with E-state index in [1.165, 1.54) is 50.6 Å². The van der Waals surface area contributed by atoms with Gasteiger partial charge in [-0.15, -0.1) is 11.3 Å². The van der Waals surface area contributed by atoms with E-state index in [1.54, 1.807) is 26.1 Å². The molecule has 2 fully saturated rings. The van der Waals surface area contributed by atoms with Crippen molar-refractivity contribution in [2.75, 3.05) is 4.90 Å². The Balaban J connectivity index is 1.28. The summed E-state index contributed by atoms with van der Waals surface area (Å²) in [6, 6.07) is 10.6. The van der Waals surface area contributed by atoms with Crippen molar-refractivity contribution in [3.8, 4) is 16.3 Å². The number of aryl methyl sites for hydroxylation is 2. The van der Waals surface area contributed by atoms with Crippen molar-refractivity contribution < 1.29 is 19.1 Å². The number of imide groups is 1. The fourth-order valence-corrected chi connectivity index (χ4v) is 9.22. The van der Waals surface area contributed by atoms with Gasteiger partial charge in [-0.3, -0.25) is 14.3 Å². The number of aromatic nitrogens is 5. The first-order chi connectivity index (χ1) is 22.3. The summed E-state index contributed by atoms with van der Waals surface area (Å²) in [6.07, 6.45) is 1.87. The lowest BCUT2D eigenvalue weighted by Crippen LogP contribution is -2.49. The highest BCUT2D eigenvalue weighted by molar-refractivity contribution is 7.22. The average molecular weight is 675 g/mol. The quantitative estimate of drug-likeness (QED) is 0.220. The Morgan fingerprint density at radius 3 is 2.57 bits per heavy atom. The van der Waals surface area contributed by atoms with Crippen molar-refractivity contribution in [1.29, 1.82) is 0 Å². The average Bonchev–Trinajstić information content (AvgIpc) is 3.70. The second-order valence-corrected chi connectivity index (χ2v) is 14.2. The second kappa shape index (κ2) is 9.88. The van der Waals surface area contributed by atoms with Crippen molar-refractivity contribution in [2.45, 2.75) is 38.8 Å². The number of carbonyl (C=O) groups excluding carboxylic acids is 2. The molecule has 14 heteroatoms. The molecule has 2 amide bonds. The zero-order valence-electron chi connectivity index (χ0n) is 25.7. The van der Waals surface area contributed by atoms with Crippen molar-refractivity contribution in [2.24, 2.45) is 25.4 Å². The minimum Gasteiger partial charge on any atom is -0.505 e. The van der Waals surface area contributed by atoms with Crippen LogP contribution in [-0.2, 0) is 30.2 Å². The van der Waals surface area contributed by atoms with Crippen molar-refractivity contribution in [3.63, 3.8) is 0 Å². The highest BCUT2D eigenvalue weighted by Crippen LogP contribution is 2.61. The predicted octanol–water partition coefficient (Wildman–Crippen LogP) is 4.63. The minimum absolute atomic E-state index is 0.0647. The first-order valence-electron chi connectivity index (χ1n) is 15.0. The van der Waals surface area contributed by atoms with Gasteiger partial charge in [-0.05, 0) is 72.7 Å². The lowest BCUT2D eigenvalue weighted by atomic mass is 9.56. The molecule has 1 N–H and O–H groups in total. The number of phenolic OH excluding ortho intramolecular Hbond substituents is 1. The van der Waals surface area contributed by atoms with Gasteiger partial charge in [0.05, 0.1) is 28.8 Å². The Morgan fingerprint density at radius 1 is 1.06 bits per heavy atom. The molecule has 1 saturated carbocycles. The molecule has 1 saturated heterocycles. The standard InChI is InChI=1S/C33H28ClFN6O5S/c1-15-19-12-17(34)6-8-25(19)47-28(15)22-14-26(38(4)36-22)40-29(43)20-13-23-18(9-10-39-31(45)37(3)32(46)41(23)39)27(33(20,2)30(40)44)16-5-7-24(42)21(35)11-16/h5-9,11-12,14,20,23,27,42H,10,13H2,1-4H3/t20-,23+,27-,33+/m0/s1. The van der Waals surface area contributed by atoms with Gasteiger partial charge >= 0.3 is 11.4 Å². The Labute approximate surface area is 275 Å². The van der Waals surface area contributed by atoms with Gasteiger partial charge in [-0.25, -0.2) is 32.8 Å². The molecule has 0 bridgehead atoms. The largest absolute Gasteiger partial charge is 0.505 e. The molecule has 4 atom stereocenters. The lowest BCUT2D eigenvalue weighted by Gasteiger charge is -2.47. The number of thiophene rings is 1. The number of phenols is 1. The maximum atomic E-state index is 14.9. The Kier molecular flexibility index (Phi) is 6.23. The van der Waals surface area contributed by atoms with Gasteiger partial charge < -0.3 is 5.11 Å². The van der Waals surface area contributed by atoms with Crippen molar-refractivity contribution in [3.05, 3.63) is 97.0 Å². The fourth-order valence-electron chi connectivity index (χ4n) is 7.90. The number of hydrogen-bond donors (Lipinski definition) is 1. The molecule has 5 heterocycles. The summed E-state index contributed by atoms with van der Waals surface area (Å²) in [6.45, 7) is 3.74. The maximum absolute atomic E-state index is 14.9. The number of hydrogen-bond acceptors (Lipinski definition) is 7. The van der Waals surface area contributed by atoms with Gasteiger partial charge in [0.1, 0.15) is 11.5 Å². The summed E-state index contributed by atoms with van der Waals surface area (Å²) < 4.78 is 21.1. The van der Waals surface area contributed by atoms with Crippen LogP contribution in [0.3, 0.4) is 0 Å². The molecular formula is C33H28ClFN6O5S. The van der Waals surface area contributed by atoms with Gasteiger partial charge in [-0.2, -0.15) is 5.10 Å². The molecule has 0 radical (unpaired) electrons. The predicted molar refractivity (Wildman–Crippen MR) is 174 cm³/mol. The van der Waals surface area contributed by atoms with Crippen LogP contribution in [-0.4, -0.2) is 40.6 Å². The topological polar surface area (TPSA) is 124 Å². The van der Waals surface area contributed by atoms with Crippen LogP contribution in [0.2, 0.25) is 5.02 Å². The number of amides is 2.